The maximum Gasteiger partial charge on any atom is 0.295 e. The fourth-order valence-electron chi connectivity index (χ4n) is 4.74. The number of methoxy groups -OCH3 is 1. The molecule has 8 nitrogen and oxygen atoms in total. The van der Waals surface area contributed by atoms with Gasteiger partial charge in [0.15, 0.2) is 11.5 Å². The summed E-state index contributed by atoms with van der Waals surface area (Å²) in [7, 11) is 5.47. The second-order valence-electron chi connectivity index (χ2n) is 9.79. The molecule has 0 aromatic heterocycles. The first-order valence-corrected chi connectivity index (χ1v) is 13.3. The summed E-state index contributed by atoms with van der Waals surface area (Å²) in [5, 5.41) is 11.3. The van der Waals surface area contributed by atoms with Crippen LogP contribution in [0.25, 0.3) is 5.76 Å². The van der Waals surface area contributed by atoms with E-state index in [-0.39, 0.29) is 11.3 Å². The normalized spacial score (nSPS) is 16.4. The molecule has 1 heterocycles. The lowest BCUT2D eigenvalue weighted by atomic mass is 9.95. The lowest BCUT2D eigenvalue weighted by Crippen LogP contribution is -2.32. The lowest BCUT2D eigenvalue weighted by Gasteiger charge is -2.26. The number of carbonyl (C=O) groups is 2. The predicted molar refractivity (Wildman–Crippen MR) is 154 cm³/mol. The summed E-state index contributed by atoms with van der Waals surface area (Å²) in [5.41, 5.74) is 2.13. The zero-order valence-electron chi connectivity index (χ0n) is 23.4. The van der Waals surface area contributed by atoms with E-state index in [1.54, 1.807) is 43.5 Å². The van der Waals surface area contributed by atoms with Crippen LogP contribution in [0.4, 0.5) is 0 Å². The molecule has 0 radical (unpaired) electrons. The Bertz CT molecular complexity index is 1350. The number of amides is 1. The van der Waals surface area contributed by atoms with Crippen molar-refractivity contribution in [2.45, 2.75) is 26.0 Å². The first kappa shape index (κ1) is 28.7. The van der Waals surface area contributed by atoms with Gasteiger partial charge in [0.25, 0.3) is 11.7 Å². The number of nitrogens with zero attached hydrogens (tertiary/aromatic N) is 2. The Labute approximate surface area is 235 Å². The lowest BCUT2D eigenvalue weighted by molar-refractivity contribution is -0.139. The topological polar surface area (TPSA) is 88.5 Å². The Hall–Kier alpha value is -4.30. The molecule has 40 heavy (non-hydrogen) atoms. The third kappa shape index (κ3) is 6.46. The Morgan fingerprint density at radius 1 is 0.950 bits per heavy atom. The van der Waals surface area contributed by atoms with Crippen molar-refractivity contribution in [1.82, 2.24) is 9.80 Å². The van der Waals surface area contributed by atoms with Crippen molar-refractivity contribution >= 4 is 17.4 Å². The van der Waals surface area contributed by atoms with E-state index in [2.05, 4.69) is 0 Å². The fraction of sp³-hybridized carbons (Fsp3) is 0.312. The number of aliphatic hydroxyl groups excluding tert-OH is 1. The van der Waals surface area contributed by atoms with E-state index in [0.717, 1.165) is 12.1 Å². The minimum atomic E-state index is -0.786. The van der Waals surface area contributed by atoms with Gasteiger partial charge in [-0.05, 0) is 81.5 Å². The predicted octanol–water partition coefficient (Wildman–Crippen LogP) is 5.05. The summed E-state index contributed by atoms with van der Waals surface area (Å²) in [6.07, 6.45) is 0.662. The summed E-state index contributed by atoms with van der Waals surface area (Å²) in [4.78, 5) is 30.2. The number of ether oxygens (including phenoxy) is 3. The van der Waals surface area contributed by atoms with Crippen LogP contribution in [0.3, 0.4) is 0 Å². The molecule has 1 N–H and O–H groups in total. The van der Waals surface area contributed by atoms with Gasteiger partial charge in [0.05, 0.1) is 25.3 Å². The Kier molecular flexibility index (Phi) is 9.45. The third-order valence-electron chi connectivity index (χ3n) is 6.73. The maximum absolute atomic E-state index is 13.4. The molecular formula is C32H36N2O6. The third-order valence-corrected chi connectivity index (χ3v) is 6.73. The molecule has 1 atom stereocenters. The van der Waals surface area contributed by atoms with Crippen molar-refractivity contribution in [3.05, 3.63) is 95.1 Å². The van der Waals surface area contributed by atoms with Crippen molar-refractivity contribution in [1.29, 1.82) is 0 Å². The van der Waals surface area contributed by atoms with Gasteiger partial charge in [-0.25, -0.2) is 0 Å². The van der Waals surface area contributed by atoms with E-state index in [9.17, 15) is 14.7 Å². The molecule has 4 rings (SSSR count). The van der Waals surface area contributed by atoms with E-state index in [4.69, 9.17) is 14.2 Å². The van der Waals surface area contributed by atoms with Gasteiger partial charge >= 0.3 is 0 Å². The molecule has 3 aromatic carbocycles. The van der Waals surface area contributed by atoms with E-state index >= 15 is 0 Å². The first-order chi connectivity index (χ1) is 19.3. The number of ketones is 1. The smallest absolute Gasteiger partial charge is 0.295 e. The van der Waals surface area contributed by atoms with Crippen LogP contribution in [-0.2, 0) is 16.2 Å². The van der Waals surface area contributed by atoms with Gasteiger partial charge in [-0.15, -0.1) is 0 Å². The largest absolute Gasteiger partial charge is 0.507 e. The number of rotatable bonds is 12. The maximum atomic E-state index is 13.4. The van der Waals surface area contributed by atoms with Gasteiger partial charge < -0.3 is 29.1 Å². The second-order valence-corrected chi connectivity index (χ2v) is 9.79. The molecule has 0 bridgehead atoms. The van der Waals surface area contributed by atoms with Crippen molar-refractivity contribution in [2.24, 2.45) is 0 Å². The van der Waals surface area contributed by atoms with Crippen LogP contribution in [0.1, 0.15) is 36.1 Å². The molecule has 8 heteroatoms. The zero-order valence-corrected chi connectivity index (χ0v) is 23.4. The number of likely N-dealkylation sites (tertiary alicyclic amines) is 1. The van der Waals surface area contributed by atoms with Gasteiger partial charge in [-0.3, -0.25) is 9.59 Å². The highest BCUT2D eigenvalue weighted by Crippen LogP contribution is 2.42. The monoisotopic (exact) mass is 544 g/mol. The Morgan fingerprint density at radius 2 is 1.68 bits per heavy atom. The van der Waals surface area contributed by atoms with Crippen molar-refractivity contribution in [3.63, 3.8) is 0 Å². The fourth-order valence-corrected chi connectivity index (χ4v) is 4.74. The van der Waals surface area contributed by atoms with E-state index in [1.807, 2.05) is 62.3 Å². The highest BCUT2D eigenvalue weighted by molar-refractivity contribution is 6.46. The molecule has 3 aromatic rings. The molecule has 0 saturated carbocycles. The van der Waals surface area contributed by atoms with E-state index in [1.165, 1.54) is 4.90 Å². The van der Waals surface area contributed by atoms with E-state index in [0.29, 0.717) is 54.6 Å². The van der Waals surface area contributed by atoms with Crippen LogP contribution in [0.15, 0.2) is 78.4 Å². The van der Waals surface area contributed by atoms with Crippen LogP contribution in [0.2, 0.25) is 0 Å². The minimum absolute atomic E-state index is 0.0421. The summed E-state index contributed by atoms with van der Waals surface area (Å²) >= 11 is 0. The minimum Gasteiger partial charge on any atom is -0.507 e. The quantitative estimate of drug-likeness (QED) is 0.194. The van der Waals surface area contributed by atoms with Gasteiger partial charge in [0.1, 0.15) is 18.1 Å². The summed E-state index contributed by atoms with van der Waals surface area (Å²) in [6, 6.07) is 21.2. The average molecular weight is 545 g/mol. The molecule has 0 aliphatic carbocycles. The van der Waals surface area contributed by atoms with Crippen LogP contribution in [0, 0.1) is 0 Å². The zero-order chi connectivity index (χ0) is 28.6. The number of hydrogen-bond acceptors (Lipinski definition) is 7. The molecule has 1 fully saturated rings. The number of Topliss-reactive ketones (excluding diaryl/α,β-unsaturated/α-hetero) is 1. The van der Waals surface area contributed by atoms with Crippen molar-refractivity contribution < 1.29 is 28.9 Å². The van der Waals surface area contributed by atoms with Gasteiger partial charge in [0, 0.05) is 12.1 Å². The molecule has 0 spiro atoms. The molecule has 1 aliphatic heterocycles. The van der Waals surface area contributed by atoms with Crippen molar-refractivity contribution in [2.75, 3.05) is 40.9 Å². The van der Waals surface area contributed by atoms with E-state index < -0.39 is 17.7 Å². The molecule has 1 saturated heterocycles. The average Bonchev–Trinajstić information content (AvgIpc) is 3.21. The summed E-state index contributed by atoms with van der Waals surface area (Å²) in [6.45, 7) is 3.74. The number of aliphatic hydroxyl groups is 1. The number of carbonyl (C=O) groups excluding carboxylic acids is 2. The number of hydrogen-bond donors (Lipinski definition) is 1. The molecule has 1 aliphatic rings. The standard InChI is InChI=1S/C32H36N2O6/c1-5-39-27-20-24(14-17-26(27)40-21-22-10-7-6-8-11-22)29-28(30(35)23-12-15-25(38-4)16-13-23)31(36)32(37)34(29)19-9-18-33(2)3/h6-8,10-17,20,29,35H,5,9,18-19,21H2,1-4H3. The molecule has 1 amide bonds. The Balaban J connectivity index is 1.75. The first-order valence-electron chi connectivity index (χ1n) is 13.3. The van der Waals surface area contributed by atoms with Crippen LogP contribution in [-0.4, -0.2) is 67.5 Å². The van der Waals surface area contributed by atoms with Crippen LogP contribution < -0.4 is 14.2 Å². The summed E-state index contributed by atoms with van der Waals surface area (Å²) in [5.74, 6) is 0.0771. The molecule has 1 unspecified atom stereocenters. The van der Waals surface area contributed by atoms with Gasteiger partial charge in [-0.1, -0.05) is 36.4 Å². The van der Waals surface area contributed by atoms with Crippen LogP contribution >= 0.6 is 0 Å². The summed E-state index contributed by atoms with van der Waals surface area (Å²) < 4.78 is 17.2. The van der Waals surface area contributed by atoms with Crippen molar-refractivity contribution in [3.8, 4) is 17.2 Å². The highest BCUT2D eigenvalue weighted by Gasteiger charge is 2.46. The molecular weight excluding hydrogens is 508 g/mol. The SMILES string of the molecule is CCOc1cc(C2C(=C(O)c3ccc(OC)cc3)C(=O)C(=O)N2CCCN(C)C)ccc1OCc1ccccc1. The van der Waals surface area contributed by atoms with Gasteiger partial charge in [-0.2, -0.15) is 0 Å². The molecule has 210 valence electrons. The highest BCUT2D eigenvalue weighted by atomic mass is 16.5. The van der Waals surface area contributed by atoms with Gasteiger partial charge in [0.2, 0.25) is 0 Å². The number of benzene rings is 3. The van der Waals surface area contributed by atoms with Crippen LogP contribution in [0.5, 0.6) is 17.2 Å². The second kappa shape index (κ2) is 13.2. The Morgan fingerprint density at radius 3 is 2.33 bits per heavy atom.